The van der Waals surface area contributed by atoms with Crippen molar-refractivity contribution in [2.24, 2.45) is 7.05 Å². The van der Waals surface area contributed by atoms with Gasteiger partial charge in [-0.05, 0) is 52.3 Å². The summed E-state index contributed by atoms with van der Waals surface area (Å²) in [7, 11) is 1.92. The van der Waals surface area contributed by atoms with Gasteiger partial charge < -0.3 is 10.3 Å². The number of hydrogen-bond donors (Lipinski definition) is 1. The number of aryl methyl sites for hydroxylation is 2. The van der Waals surface area contributed by atoms with Gasteiger partial charge in [-0.3, -0.25) is 0 Å². The van der Waals surface area contributed by atoms with Crippen LogP contribution in [0.5, 0.6) is 0 Å². The maximum atomic E-state index is 5.82. The first kappa shape index (κ1) is 11.5. The lowest BCUT2D eigenvalue weighted by Crippen LogP contribution is -1.92. The summed E-state index contributed by atoms with van der Waals surface area (Å²) in [4.78, 5) is 1.09. The summed E-state index contributed by atoms with van der Waals surface area (Å²) < 4.78 is 2.85. The van der Waals surface area contributed by atoms with E-state index in [1.807, 2.05) is 30.7 Å². The van der Waals surface area contributed by atoms with Crippen molar-refractivity contribution in [3.05, 3.63) is 28.5 Å². The number of aromatic nitrogens is 3. The van der Waals surface area contributed by atoms with Crippen LogP contribution in [0.1, 0.15) is 5.56 Å². The average Bonchev–Trinajstić information content (AvgIpc) is 2.61. The number of hydrogen-bond acceptors (Lipinski definition) is 4. The van der Waals surface area contributed by atoms with Gasteiger partial charge >= 0.3 is 0 Å². The smallest absolute Gasteiger partial charge is 0.195 e. The average molecular weight is 299 g/mol. The lowest BCUT2D eigenvalue weighted by Gasteiger charge is -2.07. The monoisotopic (exact) mass is 298 g/mol. The fourth-order valence-electron chi connectivity index (χ4n) is 1.21. The van der Waals surface area contributed by atoms with Gasteiger partial charge in [-0.25, -0.2) is 0 Å². The van der Waals surface area contributed by atoms with Crippen LogP contribution < -0.4 is 5.73 Å². The lowest BCUT2D eigenvalue weighted by atomic mass is 10.2. The molecule has 1 aromatic heterocycles. The predicted octanol–water partition coefficient (Wildman–Crippen LogP) is 2.62. The largest absolute Gasteiger partial charge is 0.398 e. The molecular formula is C10H11BrN4S. The van der Waals surface area contributed by atoms with Crippen LogP contribution in [-0.2, 0) is 7.05 Å². The first-order valence-electron chi connectivity index (χ1n) is 4.65. The molecule has 0 aliphatic rings. The number of nitrogen functional groups attached to an aromatic ring is 1. The van der Waals surface area contributed by atoms with Crippen molar-refractivity contribution in [3.63, 3.8) is 0 Å². The Hall–Kier alpha value is -1.01. The molecule has 2 N–H and O–H groups in total. The molecule has 16 heavy (non-hydrogen) atoms. The van der Waals surface area contributed by atoms with Gasteiger partial charge in [0.2, 0.25) is 0 Å². The van der Waals surface area contributed by atoms with Crippen LogP contribution in [0.2, 0.25) is 0 Å². The highest BCUT2D eigenvalue weighted by Gasteiger charge is 2.08. The molecule has 0 spiro atoms. The molecule has 4 nitrogen and oxygen atoms in total. The fourth-order valence-corrected chi connectivity index (χ4v) is 2.68. The van der Waals surface area contributed by atoms with E-state index < -0.39 is 0 Å². The van der Waals surface area contributed by atoms with E-state index in [-0.39, 0.29) is 0 Å². The molecule has 0 bridgehead atoms. The summed E-state index contributed by atoms with van der Waals surface area (Å²) in [6, 6.07) is 3.95. The number of rotatable bonds is 2. The summed E-state index contributed by atoms with van der Waals surface area (Å²) >= 11 is 5.05. The van der Waals surface area contributed by atoms with Crippen LogP contribution in [0.15, 0.2) is 33.0 Å². The van der Waals surface area contributed by atoms with Crippen molar-refractivity contribution in [2.45, 2.75) is 17.0 Å². The van der Waals surface area contributed by atoms with E-state index in [2.05, 4.69) is 26.1 Å². The standard InChI is InChI=1S/C10H11BrN4S/c1-6-3-9(7(11)4-8(6)12)16-10-14-13-5-15(10)2/h3-5H,12H2,1-2H3. The maximum Gasteiger partial charge on any atom is 0.195 e. The molecule has 0 aliphatic carbocycles. The second-order valence-electron chi connectivity index (χ2n) is 3.47. The van der Waals surface area contributed by atoms with Crippen LogP contribution in [-0.4, -0.2) is 14.8 Å². The molecule has 1 heterocycles. The third-order valence-electron chi connectivity index (χ3n) is 2.19. The molecule has 0 radical (unpaired) electrons. The Morgan fingerprint density at radius 1 is 1.44 bits per heavy atom. The molecule has 0 saturated heterocycles. The molecule has 0 fully saturated rings. The van der Waals surface area contributed by atoms with Gasteiger partial charge in [-0.1, -0.05) is 0 Å². The third kappa shape index (κ3) is 2.22. The van der Waals surface area contributed by atoms with Gasteiger partial charge in [0.25, 0.3) is 0 Å². The quantitative estimate of drug-likeness (QED) is 0.866. The minimum absolute atomic E-state index is 0.786. The van der Waals surface area contributed by atoms with Crippen molar-refractivity contribution in [1.82, 2.24) is 14.8 Å². The molecule has 84 valence electrons. The van der Waals surface area contributed by atoms with Crippen molar-refractivity contribution in [3.8, 4) is 0 Å². The van der Waals surface area contributed by atoms with Crippen LogP contribution in [0.3, 0.4) is 0 Å². The predicted molar refractivity (Wildman–Crippen MR) is 68.4 cm³/mol. The van der Waals surface area contributed by atoms with Gasteiger partial charge in [-0.15, -0.1) is 10.2 Å². The Balaban J connectivity index is 2.35. The highest BCUT2D eigenvalue weighted by atomic mass is 79.9. The van der Waals surface area contributed by atoms with Gasteiger partial charge in [0.1, 0.15) is 6.33 Å². The Bertz CT molecular complexity index is 524. The zero-order valence-electron chi connectivity index (χ0n) is 8.94. The molecule has 0 amide bonds. The van der Waals surface area contributed by atoms with E-state index in [4.69, 9.17) is 5.73 Å². The molecule has 2 aromatic rings. The fraction of sp³-hybridized carbons (Fsp3) is 0.200. The molecule has 1 aromatic carbocycles. The SMILES string of the molecule is Cc1cc(Sc2nncn2C)c(Br)cc1N. The van der Waals surface area contributed by atoms with Crippen LogP contribution in [0.25, 0.3) is 0 Å². The zero-order chi connectivity index (χ0) is 11.7. The highest BCUT2D eigenvalue weighted by Crippen LogP contribution is 2.34. The summed E-state index contributed by atoms with van der Waals surface area (Å²) in [5.74, 6) is 0. The minimum Gasteiger partial charge on any atom is -0.398 e. The van der Waals surface area contributed by atoms with Crippen LogP contribution in [0, 0.1) is 6.92 Å². The van der Waals surface area contributed by atoms with Crippen molar-refractivity contribution < 1.29 is 0 Å². The van der Waals surface area contributed by atoms with E-state index in [1.165, 1.54) is 0 Å². The van der Waals surface area contributed by atoms with Gasteiger partial charge in [0.05, 0.1) is 0 Å². The molecule has 0 atom stereocenters. The molecule has 2 rings (SSSR count). The summed E-state index contributed by atoms with van der Waals surface area (Å²) in [5, 5.41) is 8.72. The third-order valence-corrected chi connectivity index (χ3v) is 4.22. The van der Waals surface area contributed by atoms with E-state index in [9.17, 15) is 0 Å². The van der Waals surface area contributed by atoms with Crippen LogP contribution in [0.4, 0.5) is 5.69 Å². The summed E-state index contributed by atoms with van der Waals surface area (Å²) in [6.45, 7) is 1.99. The number of nitrogens with zero attached hydrogens (tertiary/aromatic N) is 3. The summed E-state index contributed by atoms with van der Waals surface area (Å²) in [5.41, 5.74) is 7.67. The van der Waals surface area contributed by atoms with E-state index in [0.29, 0.717) is 0 Å². The number of anilines is 1. The topological polar surface area (TPSA) is 56.7 Å². The molecule has 0 saturated carbocycles. The van der Waals surface area contributed by atoms with Crippen molar-refractivity contribution in [1.29, 1.82) is 0 Å². The second-order valence-corrected chi connectivity index (χ2v) is 5.33. The summed E-state index contributed by atoms with van der Waals surface area (Å²) in [6.07, 6.45) is 1.68. The maximum absolute atomic E-state index is 5.82. The normalized spacial score (nSPS) is 10.7. The van der Waals surface area contributed by atoms with E-state index >= 15 is 0 Å². The van der Waals surface area contributed by atoms with E-state index in [0.717, 1.165) is 25.8 Å². The second kappa shape index (κ2) is 4.47. The zero-order valence-corrected chi connectivity index (χ0v) is 11.3. The lowest BCUT2D eigenvalue weighted by molar-refractivity contribution is 0.788. The Morgan fingerprint density at radius 3 is 2.81 bits per heavy atom. The Labute approximate surface area is 106 Å². The Kier molecular flexibility index (Phi) is 3.20. The highest BCUT2D eigenvalue weighted by molar-refractivity contribution is 9.10. The van der Waals surface area contributed by atoms with Gasteiger partial charge in [0, 0.05) is 22.1 Å². The van der Waals surface area contributed by atoms with Gasteiger partial charge in [0.15, 0.2) is 5.16 Å². The Morgan fingerprint density at radius 2 is 2.19 bits per heavy atom. The van der Waals surface area contributed by atoms with E-state index in [1.54, 1.807) is 18.1 Å². The van der Waals surface area contributed by atoms with Crippen LogP contribution >= 0.6 is 27.7 Å². The minimum atomic E-state index is 0.786. The number of nitrogens with two attached hydrogens (primary N) is 1. The molecule has 0 unspecified atom stereocenters. The van der Waals surface area contributed by atoms with Crippen molar-refractivity contribution in [2.75, 3.05) is 5.73 Å². The molecule has 6 heteroatoms. The van der Waals surface area contributed by atoms with Gasteiger partial charge in [-0.2, -0.15) is 0 Å². The first-order chi connectivity index (χ1) is 7.58. The molecular weight excluding hydrogens is 288 g/mol. The number of benzene rings is 1. The molecule has 0 aliphatic heterocycles. The van der Waals surface area contributed by atoms with Crippen molar-refractivity contribution >= 4 is 33.4 Å². The number of halogens is 1. The first-order valence-corrected chi connectivity index (χ1v) is 6.26.